The van der Waals surface area contributed by atoms with Gasteiger partial charge in [-0.15, -0.1) is 0 Å². The SMILES string of the molecule is CC(C)(C)c1ccc(C2=N/C(=C\c3ccc(/C=C4\N=C(c5ccc(C(C)(C)C)cc5)OC4=O)cc3)C(=O)O2)cc1. The summed E-state index contributed by atoms with van der Waals surface area (Å²) in [5.41, 5.74) is 5.96. The highest BCUT2D eigenvalue weighted by molar-refractivity contribution is 6.13. The number of nitrogens with zero attached hydrogens (tertiary/aromatic N) is 2. The topological polar surface area (TPSA) is 77.3 Å². The maximum Gasteiger partial charge on any atom is 0.363 e. The number of aliphatic imine (C=N–C) groups is 2. The molecule has 202 valence electrons. The van der Waals surface area contributed by atoms with E-state index in [9.17, 15) is 9.59 Å². The van der Waals surface area contributed by atoms with Gasteiger partial charge in [-0.1, -0.05) is 90.1 Å². The van der Waals surface area contributed by atoms with Crippen molar-refractivity contribution in [1.82, 2.24) is 0 Å². The van der Waals surface area contributed by atoms with E-state index in [1.54, 1.807) is 12.2 Å². The van der Waals surface area contributed by atoms with E-state index in [-0.39, 0.29) is 22.2 Å². The first kappa shape index (κ1) is 27.0. The Balaban J connectivity index is 1.31. The fourth-order valence-electron chi connectivity index (χ4n) is 4.30. The van der Waals surface area contributed by atoms with E-state index in [1.165, 1.54) is 11.1 Å². The van der Waals surface area contributed by atoms with Gasteiger partial charge in [0.25, 0.3) is 0 Å². The van der Waals surface area contributed by atoms with Crippen LogP contribution in [0.4, 0.5) is 0 Å². The van der Waals surface area contributed by atoms with Crippen molar-refractivity contribution >= 4 is 35.9 Å². The lowest BCUT2D eigenvalue weighted by Gasteiger charge is -2.18. The van der Waals surface area contributed by atoms with Crippen molar-refractivity contribution in [3.05, 3.63) is 118 Å². The van der Waals surface area contributed by atoms with Gasteiger partial charge in [-0.2, -0.15) is 0 Å². The molecule has 0 amide bonds. The van der Waals surface area contributed by atoms with Crippen LogP contribution in [0.1, 0.15) is 74.9 Å². The van der Waals surface area contributed by atoms with Crippen LogP contribution in [0.5, 0.6) is 0 Å². The number of carbonyl (C=O) groups excluding carboxylic acids is 2. The minimum Gasteiger partial charge on any atom is -0.402 e. The van der Waals surface area contributed by atoms with Crippen LogP contribution in [0.25, 0.3) is 12.2 Å². The minimum atomic E-state index is -0.493. The Kier molecular flexibility index (Phi) is 6.88. The highest BCUT2D eigenvalue weighted by Gasteiger charge is 2.26. The highest BCUT2D eigenvalue weighted by Crippen LogP contribution is 2.26. The van der Waals surface area contributed by atoms with E-state index in [4.69, 9.17) is 9.47 Å². The molecule has 2 aliphatic heterocycles. The number of rotatable bonds is 4. The van der Waals surface area contributed by atoms with E-state index in [0.717, 1.165) is 22.3 Å². The number of ether oxygens (including phenoxy) is 2. The standard InChI is InChI=1S/C34H32N2O4/c1-33(2,3)25-15-11-23(12-16-25)29-35-27(31(37)39-29)19-21-7-9-22(10-8-21)20-28-32(38)40-30(36-28)24-13-17-26(18-14-24)34(4,5)6/h7-20H,1-6H3/b27-19-,28-20-. The Hall–Kier alpha value is -4.58. The summed E-state index contributed by atoms with van der Waals surface area (Å²) in [6, 6.07) is 23.1. The lowest BCUT2D eigenvalue weighted by atomic mass is 9.87. The monoisotopic (exact) mass is 532 g/mol. The van der Waals surface area contributed by atoms with Crippen LogP contribution >= 0.6 is 0 Å². The van der Waals surface area contributed by atoms with Gasteiger partial charge in [0, 0.05) is 11.1 Å². The first-order chi connectivity index (χ1) is 18.9. The van der Waals surface area contributed by atoms with Crippen LogP contribution in [0, 0.1) is 0 Å². The first-order valence-electron chi connectivity index (χ1n) is 13.2. The zero-order chi connectivity index (χ0) is 28.7. The van der Waals surface area contributed by atoms with Crippen LogP contribution in [0.15, 0.2) is 94.2 Å². The second kappa shape index (κ2) is 10.2. The molecule has 0 unspecified atom stereocenters. The first-order valence-corrected chi connectivity index (χ1v) is 13.2. The second-order valence-electron chi connectivity index (χ2n) is 12.0. The molecule has 6 heteroatoms. The number of carbonyl (C=O) groups is 2. The van der Waals surface area contributed by atoms with Gasteiger partial charge in [0.05, 0.1) is 0 Å². The summed E-state index contributed by atoms with van der Waals surface area (Å²) in [7, 11) is 0. The summed E-state index contributed by atoms with van der Waals surface area (Å²) in [6.45, 7) is 12.9. The van der Waals surface area contributed by atoms with Crippen LogP contribution in [-0.4, -0.2) is 23.7 Å². The van der Waals surface area contributed by atoms with Gasteiger partial charge in [0.15, 0.2) is 11.4 Å². The molecule has 3 aromatic carbocycles. The fraction of sp³-hybridized carbons (Fsp3) is 0.235. The molecule has 0 N–H and O–H groups in total. The molecule has 0 bridgehead atoms. The van der Waals surface area contributed by atoms with Gasteiger partial charge in [0.2, 0.25) is 11.8 Å². The summed E-state index contributed by atoms with van der Waals surface area (Å²) in [5.74, 6) is -0.404. The van der Waals surface area contributed by atoms with Gasteiger partial charge < -0.3 is 9.47 Å². The number of cyclic esters (lactones) is 2. The van der Waals surface area contributed by atoms with E-state index < -0.39 is 11.9 Å². The third-order valence-electron chi connectivity index (χ3n) is 6.78. The molecule has 0 fully saturated rings. The average molecular weight is 533 g/mol. The number of hydrogen-bond donors (Lipinski definition) is 0. The predicted molar refractivity (Wildman–Crippen MR) is 158 cm³/mol. The number of benzene rings is 3. The molecule has 6 nitrogen and oxygen atoms in total. The molecule has 40 heavy (non-hydrogen) atoms. The minimum absolute atomic E-state index is 0.0327. The Morgan fingerprint density at radius 1 is 0.525 bits per heavy atom. The summed E-state index contributed by atoms with van der Waals surface area (Å²) in [6.07, 6.45) is 3.36. The second-order valence-corrected chi connectivity index (χ2v) is 12.0. The van der Waals surface area contributed by atoms with Crippen LogP contribution in [0.2, 0.25) is 0 Å². The van der Waals surface area contributed by atoms with E-state index in [0.29, 0.717) is 11.8 Å². The summed E-state index contributed by atoms with van der Waals surface area (Å²) >= 11 is 0. The maximum absolute atomic E-state index is 12.5. The third kappa shape index (κ3) is 5.86. The van der Waals surface area contributed by atoms with Gasteiger partial charge in [-0.05, 0) is 69.5 Å². The predicted octanol–water partition coefficient (Wildman–Crippen LogP) is 6.97. The quantitative estimate of drug-likeness (QED) is 0.269. The van der Waals surface area contributed by atoms with Gasteiger partial charge in [0.1, 0.15) is 0 Å². The number of esters is 2. The molecule has 0 aliphatic carbocycles. The molecule has 0 atom stereocenters. The molecule has 0 spiro atoms. The zero-order valence-corrected chi connectivity index (χ0v) is 23.6. The van der Waals surface area contributed by atoms with E-state index in [1.807, 2.05) is 72.8 Å². The Labute approximate surface area is 234 Å². The molecule has 0 aromatic heterocycles. The molecule has 0 radical (unpaired) electrons. The molecular weight excluding hydrogens is 500 g/mol. The lowest BCUT2D eigenvalue weighted by molar-refractivity contribution is -0.130. The van der Waals surface area contributed by atoms with Gasteiger partial charge >= 0.3 is 11.9 Å². The lowest BCUT2D eigenvalue weighted by Crippen LogP contribution is -2.11. The molecule has 5 rings (SSSR count). The van der Waals surface area contributed by atoms with Crippen molar-refractivity contribution in [2.45, 2.75) is 52.4 Å². The zero-order valence-electron chi connectivity index (χ0n) is 23.6. The van der Waals surface area contributed by atoms with Gasteiger partial charge in [-0.3, -0.25) is 0 Å². The molecular formula is C34H32N2O4. The highest BCUT2D eigenvalue weighted by atomic mass is 16.6. The number of hydrogen-bond acceptors (Lipinski definition) is 6. The van der Waals surface area contributed by atoms with Crippen LogP contribution < -0.4 is 0 Å². The normalized spacial score (nSPS) is 17.6. The maximum atomic E-state index is 12.5. The van der Waals surface area contributed by atoms with Crippen LogP contribution in [-0.2, 0) is 29.9 Å². The van der Waals surface area contributed by atoms with Crippen molar-refractivity contribution in [3.63, 3.8) is 0 Å². The summed E-state index contributed by atoms with van der Waals surface area (Å²) in [5, 5.41) is 0. The third-order valence-corrected chi connectivity index (χ3v) is 6.78. The van der Waals surface area contributed by atoms with Crippen molar-refractivity contribution in [1.29, 1.82) is 0 Å². The van der Waals surface area contributed by atoms with Crippen molar-refractivity contribution < 1.29 is 19.1 Å². The van der Waals surface area contributed by atoms with Crippen LogP contribution in [0.3, 0.4) is 0 Å². The molecule has 3 aromatic rings. The van der Waals surface area contributed by atoms with Crippen molar-refractivity contribution in [2.24, 2.45) is 9.98 Å². The molecule has 2 aliphatic rings. The molecule has 2 heterocycles. The Morgan fingerprint density at radius 3 is 1.15 bits per heavy atom. The van der Waals surface area contributed by atoms with Crippen molar-refractivity contribution in [3.8, 4) is 0 Å². The molecule has 0 saturated carbocycles. The van der Waals surface area contributed by atoms with Gasteiger partial charge in [-0.25, -0.2) is 19.6 Å². The summed E-state index contributed by atoms with van der Waals surface area (Å²) < 4.78 is 10.8. The fourth-order valence-corrected chi connectivity index (χ4v) is 4.30. The van der Waals surface area contributed by atoms with E-state index in [2.05, 4.69) is 51.5 Å². The average Bonchev–Trinajstić information content (AvgIpc) is 3.46. The smallest absolute Gasteiger partial charge is 0.363 e. The Morgan fingerprint density at radius 2 is 0.850 bits per heavy atom. The molecule has 0 saturated heterocycles. The van der Waals surface area contributed by atoms with E-state index >= 15 is 0 Å². The summed E-state index contributed by atoms with van der Waals surface area (Å²) in [4.78, 5) is 33.7. The Bertz CT molecular complexity index is 1470. The largest absolute Gasteiger partial charge is 0.402 e. The van der Waals surface area contributed by atoms with Crippen molar-refractivity contribution in [2.75, 3.05) is 0 Å².